The molecule has 116 valence electrons. The van der Waals surface area contributed by atoms with Gasteiger partial charge in [0.1, 0.15) is 5.82 Å². The molecule has 2 rings (SSSR count). The van der Waals surface area contributed by atoms with Crippen LogP contribution in [0.5, 0.6) is 0 Å². The third-order valence-corrected chi connectivity index (χ3v) is 4.22. The topological polar surface area (TPSA) is 43.8 Å². The van der Waals surface area contributed by atoms with E-state index in [2.05, 4.69) is 11.8 Å². The van der Waals surface area contributed by atoms with Crippen LogP contribution in [0.15, 0.2) is 18.2 Å². The molecule has 1 amide bonds. The number of rotatable bonds is 4. The number of aryl methyl sites for hydroxylation is 1. The molecule has 0 radical (unpaired) electrons. The standard InChI is InChI=1S/C16H23FN2O2/c1-3-14(11-20)18-6-8-19(9-7-18)16(21)15-5-4-13(17)10-12(15)2/h4-5,10,14,20H,3,6-9,11H2,1-2H3. The lowest BCUT2D eigenvalue weighted by Gasteiger charge is -2.38. The predicted molar refractivity (Wildman–Crippen MR) is 79.8 cm³/mol. The molecule has 0 spiro atoms. The zero-order valence-electron chi connectivity index (χ0n) is 12.7. The van der Waals surface area contributed by atoms with Crippen molar-refractivity contribution in [2.24, 2.45) is 0 Å². The van der Waals surface area contributed by atoms with Gasteiger partial charge in [0.15, 0.2) is 0 Å². The van der Waals surface area contributed by atoms with Crippen molar-refractivity contribution in [1.29, 1.82) is 0 Å². The van der Waals surface area contributed by atoms with E-state index in [1.165, 1.54) is 12.1 Å². The Bertz CT molecular complexity index is 495. The minimum atomic E-state index is -0.317. The van der Waals surface area contributed by atoms with Crippen LogP contribution in [-0.2, 0) is 0 Å². The van der Waals surface area contributed by atoms with Gasteiger partial charge in [-0.15, -0.1) is 0 Å². The van der Waals surface area contributed by atoms with Crippen LogP contribution in [0.25, 0.3) is 0 Å². The first kappa shape index (κ1) is 15.9. The fourth-order valence-electron chi connectivity index (χ4n) is 2.83. The van der Waals surface area contributed by atoms with Crippen molar-refractivity contribution in [3.8, 4) is 0 Å². The van der Waals surface area contributed by atoms with Gasteiger partial charge in [0.2, 0.25) is 0 Å². The van der Waals surface area contributed by atoms with Gasteiger partial charge >= 0.3 is 0 Å². The maximum atomic E-state index is 13.1. The van der Waals surface area contributed by atoms with Crippen molar-refractivity contribution in [2.45, 2.75) is 26.3 Å². The Morgan fingerprint density at radius 1 is 1.33 bits per heavy atom. The lowest BCUT2D eigenvalue weighted by atomic mass is 10.1. The second-order valence-corrected chi connectivity index (χ2v) is 5.53. The molecule has 0 aromatic heterocycles. The van der Waals surface area contributed by atoms with Gasteiger partial charge < -0.3 is 10.0 Å². The summed E-state index contributed by atoms with van der Waals surface area (Å²) in [6, 6.07) is 4.45. The lowest BCUT2D eigenvalue weighted by Crippen LogP contribution is -2.52. The van der Waals surface area contributed by atoms with E-state index >= 15 is 0 Å². The van der Waals surface area contributed by atoms with Crippen LogP contribution in [0, 0.1) is 12.7 Å². The number of nitrogens with zero attached hydrogens (tertiary/aromatic N) is 2. The third kappa shape index (κ3) is 3.60. The van der Waals surface area contributed by atoms with Gasteiger partial charge in [0, 0.05) is 37.8 Å². The molecule has 1 aromatic carbocycles. The lowest BCUT2D eigenvalue weighted by molar-refractivity contribution is 0.0472. The fraction of sp³-hybridized carbons (Fsp3) is 0.562. The maximum Gasteiger partial charge on any atom is 0.254 e. The molecule has 1 atom stereocenters. The Labute approximate surface area is 125 Å². The Kier molecular flexibility index (Phi) is 5.31. The summed E-state index contributed by atoms with van der Waals surface area (Å²) in [7, 11) is 0. The number of hydrogen-bond donors (Lipinski definition) is 1. The Morgan fingerprint density at radius 2 is 2.00 bits per heavy atom. The molecule has 4 nitrogen and oxygen atoms in total. The van der Waals surface area contributed by atoms with Crippen LogP contribution in [0.1, 0.15) is 29.3 Å². The van der Waals surface area contributed by atoms with E-state index in [4.69, 9.17) is 0 Å². The van der Waals surface area contributed by atoms with E-state index < -0.39 is 0 Å². The van der Waals surface area contributed by atoms with E-state index in [0.717, 1.165) is 19.5 Å². The normalized spacial score (nSPS) is 17.8. The van der Waals surface area contributed by atoms with Crippen LogP contribution >= 0.6 is 0 Å². The molecule has 1 aliphatic heterocycles. The summed E-state index contributed by atoms with van der Waals surface area (Å²) < 4.78 is 13.1. The summed E-state index contributed by atoms with van der Waals surface area (Å²) in [5.74, 6) is -0.355. The maximum absolute atomic E-state index is 13.1. The summed E-state index contributed by atoms with van der Waals surface area (Å²) in [5.41, 5.74) is 1.24. The van der Waals surface area contributed by atoms with Crippen LogP contribution < -0.4 is 0 Å². The molecule has 1 aromatic rings. The average molecular weight is 294 g/mol. The second-order valence-electron chi connectivity index (χ2n) is 5.53. The summed E-state index contributed by atoms with van der Waals surface area (Å²) >= 11 is 0. The number of carbonyl (C=O) groups excluding carboxylic acids is 1. The van der Waals surface area contributed by atoms with Crippen LogP contribution in [0.2, 0.25) is 0 Å². The van der Waals surface area contributed by atoms with Crippen LogP contribution in [0.3, 0.4) is 0 Å². The highest BCUT2D eigenvalue weighted by atomic mass is 19.1. The van der Waals surface area contributed by atoms with Gasteiger partial charge in [-0.2, -0.15) is 0 Å². The first-order valence-electron chi connectivity index (χ1n) is 7.47. The molecule has 1 fully saturated rings. The van der Waals surface area contributed by atoms with Gasteiger partial charge in [-0.05, 0) is 37.1 Å². The summed E-state index contributed by atoms with van der Waals surface area (Å²) in [6.45, 7) is 6.79. The minimum absolute atomic E-state index is 0.0378. The summed E-state index contributed by atoms with van der Waals surface area (Å²) in [4.78, 5) is 16.5. The number of piperazine rings is 1. The van der Waals surface area contributed by atoms with Crippen molar-refractivity contribution >= 4 is 5.91 Å². The number of aliphatic hydroxyl groups excluding tert-OH is 1. The predicted octanol–water partition coefficient (Wildman–Crippen LogP) is 1.66. The number of aliphatic hydroxyl groups is 1. The Morgan fingerprint density at radius 3 is 2.52 bits per heavy atom. The van der Waals surface area contributed by atoms with Gasteiger partial charge in [0.25, 0.3) is 5.91 Å². The number of carbonyl (C=O) groups is 1. The smallest absolute Gasteiger partial charge is 0.254 e. The summed E-state index contributed by atoms with van der Waals surface area (Å²) in [5, 5.41) is 9.34. The number of amides is 1. The van der Waals surface area contributed by atoms with E-state index in [9.17, 15) is 14.3 Å². The minimum Gasteiger partial charge on any atom is -0.395 e. The van der Waals surface area contributed by atoms with Crippen molar-refractivity contribution < 1.29 is 14.3 Å². The zero-order chi connectivity index (χ0) is 15.4. The van der Waals surface area contributed by atoms with E-state index in [-0.39, 0.29) is 24.4 Å². The molecule has 1 unspecified atom stereocenters. The zero-order valence-corrected chi connectivity index (χ0v) is 12.7. The van der Waals surface area contributed by atoms with E-state index in [0.29, 0.717) is 24.2 Å². The molecule has 1 N–H and O–H groups in total. The van der Waals surface area contributed by atoms with Gasteiger partial charge in [-0.25, -0.2) is 4.39 Å². The molecule has 0 aliphatic carbocycles. The monoisotopic (exact) mass is 294 g/mol. The Hall–Kier alpha value is -1.46. The highest BCUT2D eigenvalue weighted by Gasteiger charge is 2.26. The summed E-state index contributed by atoms with van der Waals surface area (Å²) in [6.07, 6.45) is 0.904. The first-order chi connectivity index (χ1) is 10.1. The second kappa shape index (κ2) is 7.00. The fourth-order valence-corrected chi connectivity index (χ4v) is 2.83. The molecular formula is C16H23FN2O2. The van der Waals surface area contributed by atoms with Crippen molar-refractivity contribution in [2.75, 3.05) is 32.8 Å². The van der Waals surface area contributed by atoms with Crippen LogP contribution in [-0.4, -0.2) is 59.6 Å². The van der Waals surface area contributed by atoms with Crippen LogP contribution in [0.4, 0.5) is 4.39 Å². The van der Waals surface area contributed by atoms with Gasteiger partial charge in [-0.1, -0.05) is 6.92 Å². The number of hydrogen-bond acceptors (Lipinski definition) is 3. The van der Waals surface area contributed by atoms with Gasteiger partial charge in [0.05, 0.1) is 6.61 Å². The highest BCUT2D eigenvalue weighted by molar-refractivity contribution is 5.95. The van der Waals surface area contributed by atoms with Crippen molar-refractivity contribution in [3.63, 3.8) is 0 Å². The van der Waals surface area contributed by atoms with Gasteiger partial charge in [-0.3, -0.25) is 9.69 Å². The third-order valence-electron chi connectivity index (χ3n) is 4.22. The van der Waals surface area contributed by atoms with E-state index in [1.807, 2.05) is 0 Å². The molecule has 0 bridgehead atoms. The SMILES string of the molecule is CCC(CO)N1CCN(C(=O)c2ccc(F)cc2C)CC1. The number of benzene rings is 1. The first-order valence-corrected chi connectivity index (χ1v) is 7.47. The molecule has 1 aliphatic rings. The number of halogens is 1. The largest absolute Gasteiger partial charge is 0.395 e. The Balaban J connectivity index is 2.00. The quantitative estimate of drug-likeness (QED) is 0.918. The molecule has 0 saturated carbocycles. The van der Waals surface area contributed by atoms with Crippen molar-refractivity contribution in [1.82, 2.24) is 9.80 Å². The highest BCUT2D eigenvalue weighted by Crippen LogP contribution is 2.16. The molecule has 5 heteroatoms. The average Bonchev–Trinajstić information content (AvgIpc) is 2.48. The molecule has 21 heavy (non-hydrogen) atoms. The van der Waals surface area contributed by atoms with Crippen molar-refractivity contribution in [3.05, 3.63) is 35.1 Å². The van der Waals surface area contributed by atoms with E-state index in [1.54, 1.807) is 17.9 Å². The molecule has 1 saturated heterocycles. The molecular weight excluding hydrogens is 271 g/mol. The molecule has 1 heterocycles.